The first-order valence-electron chi connectivity index (χ1n) is 20.7. The van der Waals surface area contributed by atoms with Crippen LogP contribution >= 0.6 is 0 Å². The smallest absolute Gasteiger partial charge is 0.143 e. The number of aryl methyl sites for hydroxylation is 3. The van der Waals surface area contributed by atoms with Crippen molar-refractivity contribution in [3.05, 3.63) is 168 Å². The second kappa shape index (κ2) is 17.3. The highest BCUT2D eigenvalue weighted by atomic mass is 19.1. The van der Waals surface area contributed by atoms with Gasteiger partial charge in [0.05, 0.1) is 67.2 Å². The first-order chi connectivity index (χ1) is 30.2. The normalized spacial score (nSPS) is 14.6. The number of rotatable bonds is 8. The molecule has 0 radical (unpaired) electrons. The Kier molecular flexibility index (Phi) is 11.2. The van der Waals surface area contributed by atoms with Crippen LogP contribution in [0.1, 0.15) is 59.8 Å². The number of hydrogen-bond donors (Lipinski definition) is 0. The van der Waals surface area contributed by atoms with Gasteiger partial charge in [-0.1, -0.05) is 12.1 Å². The predicted molar refractivity (Wildman–Crippen MR) is 239 cm³/mol. The lowest BCUT2D eigenvalue weighted by Gasteiger charge is -2.20. The number of hydrogen-bond acceptors (Lipinski definition) is 6. The predicted octanol–water partition coefficient (Wildman–Crippen LogP) is 11.1. The van der Waals surface area contributed by atoms with Gasteiger partial charge in [-0.15, -0.1) is 0 Å². The average Bonchev–Trinajstić information content (AvgIpc) is 4.12. The van der Waals surface area contributed by atoms with E-state index < -0.39 is 0 Å². The lowest BCUT2D eigenvalue weighted by atomic mass is 10.0. The van der Waals surface area contributed by atoms with Gasteiger partial charge in [0.2, 0.25) is 0 Å². The highest BCUT2D eigenvalue weighted by Crippen LogP contribution is 2.35. The minimum atomic E-state index is -0.239. The van der Waals surface area contributed by atoms with E-state index in [1.165, 1.54) is 35.4 Å². The molecule has 12 heteroatoms. The molecule has 4 aromatic carbocycles. The molecule has 0 saturated carbocycles. The Hall–Kier alpha value is -7.34. The van der Waals surface area contributed by atoms with E-state index in [2.05, 4.69) is 49.6 Å². The van der Waals surface area contributed by atoms with Gasteiger partial charge < -0.3 is 27.7 Å². The molecule has 8 aromatic rings. The third-order valence-corrected chi connectivity index (χ3v) is 11.2. The molecule has 62 heavy (non-hydrogen) atoms. The quantitative estimate of drug-likeness (QED) is 0.152. The number of ether oxygens (including phenoxy) is 2. The van der Waals surface area contributed by atoms with Crippen LogP contribution in [0.3, 0.4) is 0 Å². The summed E-state index contributed by atoms with van der Waals surface area (Å²) in [6, 6.07) is 25.4. The molecule has 0 atom stereocenters. The molecule has 0 unspecified atom stereocenters. The molecule has 2 aliphatic heterocycles. The van der Waals surface area contributed by atoms with Crippen molar-refractivity contribution in [1.29, 1.82) is 0 Å². The highest BCUT2D eigenvalue weighted by Gasteiger charge is 2.21. The summed E-state index contributed by atoms with van der Waals surface area (Å²) in [5.41, 5.74) is 12.1. The van der Waals surface area contributed by atoms with E-state index in [-0.39, 0.29) is 11.6 Å². The maximum atomic E-state index is 13.3. The second-order valence-electron chi connectivity index (χ2n) is 15.5. The summed E-state index contributed by atoms with van der Waals surface area (Å²) in [6.45, 7) is 5.77. The molecule has 0 saturated heterocycles. The Balaban J connectivity index is 0.000000158. The van der Waals surface area contributed by atoms with Crippen LogP contribution in [0.15, 0.2) is 122 Å². The van der Waals surface area contributed by atoms with E-state index >= 15 is 0 Å². The standard InChI is InChI=1S/2C25H23FN4O/c1-17-15-29(16-28-17)22-10-5-18(13-24(22)31-2)12-20-4-3-11-30-23(14-27-25(20)30)19-6-8-21(26)9-7-19;1-17-14-30(16-27-17)23-10-5-18(13-24(23)31-2)12-20-4-3-11-29-15-22(28-25(20)29)19-6-8-21(26)9-7-19/h2*5-10,12-16H,3-4,11H2,1-2H3/b2*20-12+. The third kappa shape index (κ3) is 8.36. The first-order valence-corrected chi connectivity index (χ1v) is 20.7. The number of fused-ring (bicyclic) bond motifs is 2. The molecule has 10 rings (SSSR count). The van der Waals surface area contributed by atoms with Crippen molar-refractivity contribution < 1.29 is 18.3 Å². The van der Waals surface area contributed by atoms with Crippen LogP contribution in [-0.4, -0.2) is 52.4 Å². The van der Waals surface area contributed by atoms with Gasteiger partial charge in [0.25, 0.3) is 0 Å². The zero-order valence-electron chi connectivity index (χ0n) is 35.1. The van der Waals surface area contributed by atoms with Crippen molar-refractivity contribution in [2.75, 3.05) is 14.2 Å². The lowest BCUT2D eigenvalue weighted by Crippen LogP contribution is -2.11. The Morgan fingerprint density at radius 1 is 0.597 bits per heavy atom. The first kappa shape index (κ1) is 40.1. The SMILES string of the molecule is COc1cc(/C=C2\CCCn3c(-c4ccc(F)cc4)cnc32)ccc1-n1cnc(C)c1.COc1cc(/C=C2\CCCn3cc(-c4ccc(F)cc4)nc32)ccc1-n1cnc(C)c1. The number of methoxy groups -OCH3 is 2. The zero-order valence-corrected chi connectivity index (χ0v) is 35.1. The molecular formula is C50H46F2N8O2. The third-order valence-electron chi connectivity index (χ3n) is 11.2. The molecule has 0 bridgehead atoms. The van der Waals surface area contributed by atoms with Crippen molar-refractivity contribution in [3.63, 3.8) is 0 Å². The van der Waals surface area contributed by atoms with E-state index in [1.54, 1.807) is 51.1 Å². The number of benzene rings is 4. The monoisotopic (exact) mass is 828 g/mol. The van der Waals surface area contributed by atoms with Crippen LogP contribution in [0.5, 0.6) is 11.5 Å². The molecule has 312 valence electrons. The number of nitrogens with zero attached hydrogens (tertiary/aromatic N) is 8. The van der Waals surface area contributed by atoms with E-state index in [9.17, 15) is 8.78 Å². The topological polar surface area (TPSA) is 89.7 Å². The molecule has 4 aromatic heterocycles. The molecule has 0 aliphatic carbocycles. The van der Waals surface area contributed by atoms with Crippen molar-refractivity contribution in [2.45, 2.75) is 52.6 Å². The van der Waals surface area contributed by atoms with Crippen molar-refractivity contribution in [3.8, 4) is 45.4 Å². The molecule has 10 nitrogen and oxygen atoms in total. The summed E-state index contributed by atoms with van der Waals surface area (Å²) in [5, 5.41) is 0. The van der Waals surface area contributed by atoms with Gasteiger partial charge in [0, 0.05) is 37.2 Å². The lowest BCUT2D eigenvalue weighted by molar-refractivity contribution is 0.412. The average molecular weight is 829 g/mol. The van der Waals surface area contributed by atoms with Crippen LogP contribution in [0.2, 0.25) is 0 Å². The van der Waals surface area contributed by atoms with Crippen LogP contribution in [0.25, 0.3) is 57.2 Å². The molecule has 2 aliphatic rings. The van der Waals surface area contributed by atoms with Crippen molar-refractivity contribution in [2.24, 2.45) is 0 Å². The fourth-order valence-corrected chi connectivity index (χ4v) is 8.18. The van der Waals surface area contributed by atoms with Gasteiger partial charge in [0.15, 0.2) is 0 Å². The molecule has 0 N–H and O–H groups in total. The Labute approximate surface area is 359 Å². The Morgan fingerprint density at radius 3 is 1.66 bits per heavy atom. The number of halogens is 2. The number of aromatic nitrogens is 8. The molecule has 0 fully saturated rings. The van der Waals surface area contributed by atoms with Gasteiger partial charge in [-0.05, 0) is 152 Å². The van der Waals surface area contributed by atoms with Crippen molar-refractivity contribution in [1.82, 2.24) is 38.2 Å². The van der Waals surface area contributed by atoms with Gasteiger partial charge in [-0.3, -0.25) is 0 Å². The largest absolute Gasteiger partial charge is 0.495 e. The fourth-order valence-electron chi connectivity index (χ4n) is 8.18. The summed E-state index contributed by atoms with van der Waals surface area (Å²) in [5.74, 6) is 3.05. The zero-order chi connectivity index (χ0) is 42.7. The summed E-state index contributed by atoms with van der Waals surface area (Å²) < 4.78 is 46.3. The van der Waals surface area contributed by atoms with Gasteiger partial charge >= 0.3 is 0 Å². The van der Waals surface area contributed by atoms with Crippen LogP contribution < -0.4 is 9.47 Å². The summed E-state index contributed by atoms with van der Waals surface area (Å²) in [7, 11) is 3.36. The van der Waals surface area contributed by atoms with E-state index in [0.29, 0.717) is 0 Å². The van der Waals surface area contributed by atoms with E-state index in [4.69, 9.17) is 19.4 Å². The van der Waals surface area contributed by atoms with E-state index in [0.717, 1.165) is 118 Å². The molecular weight excluding hydrogens is 783 g/mol. The summed E-state index contributed by atoms with van der Waals surface area (Å²) in [6.07, 6.45) is 19.9. The maximum absolute atomic E-state index is 13.3. The molecule has 6 heterocycles. The molecule has 0 amide bonds. The minimum Gasteiger partial charge on any atom is -0.495 e. The fraction of sp³-hybridized carbons (Fsp3) is 0.200. The Bertz CT molecular complexity index is 2830. The maximum Gasteiger partial charge on any atom is 0.143 e. The number of allylic oxidation sites excluding steroid dienone is 2. The Morgan fingerprint density at radius 2 is 1.13 bits per heavy atom. The highest BCUT2D eigenvalue weighted by molar-refractivity contribution is 5.82. The van der Waals surface area contributed by atoms with Gasteiger partial charge in [0.1, 0.15) is 34.8 Å². The van der Waals surface area contributed by atoms with E-state index in [1.807, 2.05) is 65.8 Å². The number of imidazole rings is 4. The minimum absolute atomic E-state index is 0.231. The van der Waals surface area contributed by atoms with Crippen LogP contribution in [0.4, 0.5) is 8.78 Å². The van der Waals surface area contributed by atoms with Crippen LogP contribution in [0, 0.1) is 25.5 Å². The van der Waals surface area contributed by atoms with Crippen LogP contribution in [-0.2, 0) is 13.1 Å². The van der Waals surface area contributed by atoms with Crippen molar-refractivity contribution >= 4 is 23.3 Å². The summed E-state index contributed by atoms with van der Waals surface area (Å²) >= 11 is 0. The second-order valence-corrected chi connectivity index (χ2v) is 15.5. The van der Waals surface area contributed by atoms with Gasteiger partial charge in [-0.25, -0.2) is 28.7 Å². The summed E-state index contributed by atoms with van der Waals surface area (Å²) in [4.78, 5) is 18.2. The molecule has 0 spiro atoms. The van der Waals surface area contributed by atoms with Gasteiger partial charge in [-0.2, -0.15) is 0 Å².